The third-order valence-corrected chi connectivity index (χ3v) is 5.79. The van der Waals surface area contributed by atoms with Gasteiger partial charge in [-0.2, -0.15) is 4.98 Å². The highest BCUT2D eigenvalue weighted by molar-refractivity contribution is 5.75. The third-order valence-electron chi connectivity index (χ3n) is 5.79. The zero-order valence-corrected chi connectivity index (χ0v) is 16.4. The van der Waals surface area contributed by atoms with Crippen LogP contribution >= 0.6 is 0 Å². The first-order chi connectivity index (χ1) is 14.3. The lowest BCUT2D eigenvalue weighted by Crippen LogP contribution is -2.27. The third kappa shape index (κ3) is 4.07. The molecule has 4 aromatic rings. The van der Waals surface area contributed by atoms with Crippen LogP contribution in [0.1, 0.15) is 30.7 Å². The van der Waals surface area contributed by atoms with Crippen molar-refractivity contribution in [3.63, 3.8) is 0 Å². The second-order valence-corrected chi connectivity index (χ2v) is 7.80. The van der Waals surface area contributed by atoms with Gasteiger partial charge in [-0.3, -0.25) is 0 Å². The van der Waals surface area contributed by atoms with E-state index in [4.69, 9.17) is 4.52 Å². The number of nitrogens with zero attached hydrogens (tertiary/aromatic N) is 4. The van der Waals surface area contributed by atoms with Crippen molar-refractivity contribution >= 4 is 11.0 Å². The number of hydrogen-bond acceptors (Lipinski definition) is 5. The Balaban J connectivity index is 1.24. The van der Waals surface area contributed by atoms with E-state index in [1.165, 1.54) is 18.4 Å². The van der Waals surface area contributed by atoms with E-state index in [2.05, 4.69) is 55.3 Å². The van der Waals surface area contributed by atoms with Crippen molar-refractivity contribution in [2.75, 3.05) is 13.1 Å². The summed E-state index contributed by atoms with van der Waals surface area (Å²) in [7, 11) is 0. The van der Waals surface area contributed by atoms with Gasteiger partial charge < -0.3 is 14.4 Å². The van der Waals surface area contributed by atoms with Gasteiger partial charge in [0.15, 0.2) is 0 Å². The summed E-state index contributed by atoms with van der Waals surface area (Å²) in [6, 6.07) is 16.6. The number of fused-ring (bicyclic) bond motifs is 1. The number of benzene rings is 2. The normalized spacial score (nSPS) is 15.2. The van der Waals surface area contributed by atoms with Crippen molar-refractivity contribution in [3.05, 3.63) is 66.3 Å². The quantitative estimate of drug-likeness (QED) is 0.540. The molecule has 29 heavy (non-hydrogen) atoms. The molecule has 1 N–H and O–H groups in total. The Bertz CT molecular complexity index is 1080. The van der Waals surface area contributed by atoms with E-state index in [1.54, 1.807) is 0 Å². The molecule has 0 bridgehead atoms. The molecule has 0 spiro atoms. The SMILES string of the molecule is c1ccc2c(c1)ncn2Cc1ccc(-c2noc(CCC3CCNCC3)n2)cc1. The fraction of sp³-hybridized carbons (Fsp3) is 0.348. The molecule has 0 radical (unpaired) electrons. The molecule has 3 heterocycles. The zero-order chi connectivity index (χ0) is 19.5. The molecule has 1 saturated heterocycles. The van der Waals surface area contributed by atoms with E-state index in [-0.39, 0.29) is 0 Å². The van der Waals surface area contributed by atoms with Crippen molar-refractivity contribution < 1.29 is 4.52 Å². The Morgan fingerprint density at radius 2 is 1.86 bits per heavy atom. The number of para-hydroxylation sites is 2. The first kappa shape index (κ1) is 18.1. The van der Waals surface area contributed by atoms with Crippen LogP contribution < -0.4 is 5.32 Å². The van der Waals surface area contributed by atoms with Gasteiger partial charge in [0, 0.05) is 18.5 Å². The van der Waals surface area contributed by atoms with Crippen LogP contribution in [-0.4, -0.2) is 32.8 Å². The lowest BCUT2D eigenvalue weighted by molar-refractivity contribution is 0.324. The van der Waals surface area contributed by atoms with Crippen molar-refractivity contribution in [1.82, 2.24) is 25.0 Å². The van der Waals surface area contributed by atoms with E-state index in [0.717, 1.165) is 60.9 Å². The van der Waals surface area contributed by atoms with Crippen molar-refractivity contribution in [1.29, 1.82) is 0 Å². The highest BCUT2D eigenvalue weighted by Gasteiger charge is 2.15. The molecule has 0 unspecified atom stereocenters. The summed E-state index contributed by atoms with van der Waals surface area (Å²) in [6.45, 7) is 3.04. The highest BCUT2D eigenvalue weighted by atomic mass is 16.5. The van der Waals surface area contributed by atoms with Crippen LogP contribution in [-0.2, 0) is 13.0 Å². The average molecular weight is 387 g/mol. The van der Waals surface area contributed by atoms with Gasteiger partial charge in [-0.05, 0) is 56.0 Å². The van der Waals surface area contributed by atoms with Gasteiger partial charge in [0.05, 0.1) is 17.4 Å². The van der Waals surface area contributed by atoms with Gasteiger partial charge in [-0.15, -0.1) is 0 Å². The number of aryl methyl sites for hydroxylation is 1. The second kappa shape index (κ2) is 8.17. The van der Waals surface area contributed by atoms with E-state index < -0.39 is 0 Å². The topological polar surface area (TPSA) is 68.8 Å². The van der Waals surface area contributed by atoms with Crippen LogP contribution in [0, 0.1) is 5.92 Å². The summed E-state index contributed by atoms with van der Waals surface area (Å²) in [4.78, 5) is 9.06. The van der Waals surface area contributed by atoms with E-state index in [1.807, 2.05) is 24.5 Å². The maximum atomic E-state index is 5.48. The van der Waals surface area contributed by atoms with Crippen LogP contribution in [0.5, 0.6) is 0 Å². The molecule has 1 aliphatic heterocycles. The van der Waals surface area contributed by atoms with Gasteiger partial charge in [0.1, 0.15) is 0 Å². The number of aromatic nitrogens is 4. The van der Waals surface area contributed by atoms with Crippen LogP contribution in [0.15, 0.2) is 59.4 Å². The predicted molar refractivity (Wildman–Crippen MR) is 112 cm³/mol. The molecule has 6 nitrogen and oxygen atoms in total. The minimum Gasteiger partial charge on any atom is -0.339 e. The molecule has 148 valence electrons. The first-order valence-electron chi connectivity index (χ1n) is 10.4. The van der Waals surface area contributed by atoms with Gasteiger partial charge in [-0.25, -0.2) is 4.98 Å². The molecular weight excluding hydrogens is 362 g/mol. The fourth-order valence-corrected chi connectivity index (χ4v) is 4.06. The molecule has 0 atom stereocenters. The molecule has 0 saturated carbocycles. The molecule has 2 aromatic heterocycles. The Kier molecular flexibility index (Phi) is 5.09. The highest BCUT2D eigenvalue weighted by Crippen LogP contribution is 2.21. The van der Waals surface area contributed by atoms with Gasteiger partial charge in [-0.1, -0.05) is 41.6 Å². The molecule has 1 aliphatic rings. The molecular formula is C23H25N5O. The predicted octanol–water partition coefficient (Wildman–Crippen LogP) is 4.07. The molecule has 0 amide bonds. The van der Waals surface area contributed by atoms with Gasteiger partial charge in [0.2, 0.25) is 11.7 Å². The molecule has 0 aliphatic carbocycles. The summed E-state index contributed by atoms with van der Waals surface area (Å²) in [6.07, 6.45) is 6.38. The molecule has 6 heteroatoms. The zero-order valence-electron chi connectivity index (χ0n) is 16.4. The van der Waals surface area contributed by atoms with Crippen LogP contribution in [0.3, 0.4) is 0 Å². The monoisotopic (exact) mass is 387 g/mol. The Hall–Kier alpha value is -2.99. The molecule has 1 fully saturated rings. The minimum absolute atomic E-state index is 0.671. The lowest BCUT2D eigenvalue weighted by Gasteiger charge is -2.21. The Morgan fingerprint density at radius 3 is 2.72 bits per heavy atom. The minimum atomic E-state index is 0.671. The van der Waals surface area contributed by atoms with Crippen molar-refractivity contribution in [2.45, 2.75) is 32.2 Å². The Morgan fingerprint density at radius 1 is 1.03 bits per heavy atom. The van der Waals surface area contributed by atoms with Crippen molar-refractivity contribution in [3.8, 4) is 11.4 Å². The fourth-order valence-electron chi connectivity index (χ4n) is 4.06. The number of rotatable bonds is 6. The van der Waals surface area contributed by atoms with Crippen LogP contribution in [0.2, 0.25) is 0 Å². The summed E-state index contributed by atoms with van der Waals surface area (Å²) in [5, 5.41) is 7.59. The average Bonchev–Trinajstić information content (AvgIpc) is 3.41. The first-order valence-corrected chi connectivity index (χ1v) is 10.4. The second-order valence-electron chi connectivity index (χ2n) is 7.80. The number of nitrogens with one attached hydrogen (secondary N) is 1. The smallest absolute Gasteiger partial charge is 0.226 e. The Labute approximate surface area is 170 Å². The largest absolute Gasteiger partial charge is 0.339 e. The molecule has 5 rings (SSSR count). The summed E-state index contributed by atoms with van der Waals surface area (Å²) < 4.78 is 7.65. The van der Waals surface area contributed by atoms with Crippen molar-refractivity contribution in [2.24, 2.45) is 5.92 Å². The van der Waals surface area contributed by atoms with Crippen LogP contribution in [0.4, 0.5) is 0 Å². The number of hydrogen-bond donors (Lipinski definition) is 1. The number of imidazole rings is 1. The van der Waals surface area contributed by atoms with Crippen LogP contribution in [0.25, 0.3) is 22.4 Å². The number of piperidine rings is 1. The lowest BCUT2D eigenvalue weighted by atomic mass is 9.93. The standard InChI is InChI=1S/C23H25N5O/c1-2-4-21-20(3-1)25-16-28(21)15-18-5-8-19(9-6-18)23-26-22(29-27-23)10-7-17-11-13-24-14-12-17/h1-6,8-9,16-17,24H,7,10-15H2. The molecule has 2 aromatic carbocycles. The summed E-state index contributed by atoms with van der Waals surface area (Å²) >= 11 is 0. The van der Waals surface area contributed by atoms with E-state index in [0.29, 0.717) is 5.82 Å². The summed E-state index contributed by atoms with van der Waals surface area (Å²) in [5.74, 6) is 2.18. The maximum Gasteiger partial charge on any atom is 0.226 e. The van der Waals surface area contributed by atoms with E-state index in [9.17, 15) is 0 Å². The van der Waals surface area contributed by atoms with Gasteiger partial charge in [0.25, 0.3) is 0 Å². The van der Waals surface area contributed by atoms with Gasteiger partial charge >= 0.3 is 0 Å². The summed E-state index contributed by atoms with van der Waals surface area (Å²) in [5.41, 5.74) is 4.37. The maximum absolute atomic E-state index is 5.48. The van der Waals surface area contributed by atoms with E-state index >= 15 is 0 Å².